The Morgan fingerprint density at radius 1 is 1.62 bits per heavy atom. The molecule has 0 aliphatic rings. The molecule has 0 saturated carbocycles. The van der Waals surface area contributed by atoms with E-state index in [4.69, 9.17) is 11.6 Å². The quantitative estimate of drug-likeness (QED) is 0.620. The van der Waals surface area contributed by atoms with E-state index in [0.29, 0.717) is 0 Å². The summed E-state index contributed by atoms with van der Waals surface area (Å²) in [6, 6.07) is 2.72. The molecule has 0 aliphatic heterocycles. The summed E-state index contributed by atoms with van der Waals surface area (Å²) in [6.07, 6.45) is 1.36. The number of halogens is 1. The van der Waals surface area contributed by atoms with Gasteiger partial charge in [-0.1, -0.05) is 11.6 Å². The third kappa shape index (κ3) is 3.16. The number of hydrogen-bond donors (Lipinski definition) is 1. The van der Waals surface area contributed by atoms with Crippen molar-refractivity contribution in [1.82, 2.24) is 9.71 Å². The molecular formula is C8H9ClN2O4S. The number of pyridine rings is 1. The molecule has 0 unspecified atom stereocenters. The summed E-state index contributed by atoms with van der Waals surface area (Å²) in [4.78, 5) is 14.2. The van der Waals surface area contributed by atoms with E-state index >= 15 is 0 Å². The number of nitrogens with one attached hydrogen (secondary N) is 1. The van der Waals surface area contributed by atoms with Gasteiger partial charge < -0.3 is 4.74 Å². The maximum atomic E-state index is 11.6. The second-order valence-electron chi connectivity index (χ2n) is 2.69. The van der Waals surface area contributed by atoms with Crippen molar-refractivity contribution in [2.75, 3.05) is 13.7 Å². The second kappa shape index (κ2) is 5.24. The lowest BCUT2D eigenvalue weighted by Crippen LogP contribution is -2.30. The molecule has 0 saturated heterocycles. The van der Waals surface area contributed by atoms with Gasteiger partial charge in [0.25, 0.3) is 0 Å². The van der Waals surface area contributed by atoms with Crippen LogP contribution in [0.4, 0.5) is 0 Å². The van der Waals surface area contributed by atoms with Crippen LogP contribution < -0.4 is 4.72 Å². The van der Waals surface area contributed by atoms with Gasteiger partial charge in [0.05, 0.1) is 7.11 Å². The lowest BCUT2D eigenvalue weighted by atomic mass is 10.5. The van der Waals surface area contributed by atoms with Crippen LogP contribution in [0.3, 0.4) is 0 Å². The Morgan fingerprint density at radius 2 is 2.31 bits per heavy atom. The van der Waals surface area contributed by atoms with E-state index in [1.54, 1.807) is 0 Å². The zero-order chi connectivity index (χ0) is 12.2. The predicted octanol–water partition coefficient (Wildman–Crippen LogP) is 0.186. The number of hydrogen-bond acceptors (Lipinski definition) is 5. The monoisotopic (exact) mass is 264 g/mol. The molecule has 0 radical (unpaired) electrons. The van der Waals surface area contributed by atoms with Gasteiger partial charge in [-0.3, -0.25) is 4.79 Å². The highest BCUT2D eigenvalue weighted by Gasteiger charge is 2.19. The number of rotatable bonds is 4. The largest absolute Gasteiger partial charge is 0.468 e. The van der Waals surface area contributed by atoms with Crippen LogP contribution in [-0.4, -0.2) is 33.0 Å². The second-order valence-corrected chi connectivity index (χ2v) is 4.79. The number of esters is 1. The van der Waals surface area contributed by atoms with Gasteiger partial charge in [0.2, 0.25) is 10.0 Å². The molecule has 0 atom stereocenters. The Bertz CT molecular complexity index is 489. The van der Waals surface area contributed by atoms with Crippen molar-refractivity contribution in [1.29, 1.82) is 0 Å². The summed E-state index contributed by atoms with van der Waals surface area (Å²) in [6.45, 7) is -0.454. The number of ether oxygens (including phenoxy) is 1. The van der Waals surface area contributed by atoms with E-state index in [9.17, 15) is 13.2 Å². The van der Waals surface area contributed by atoms with E-state index in [2.05, 4.69) is 9.72 Å². The van der Waals surface area contributed by atoms with Gasteiger partial charge in [-0.25, -0.2) is 13.4 Å². The molecule has 16 heavy (non-hydrogen) atoms. The van der Waals surface area contributed by atoms with Gasteiger partial charge >= 0.3 is 5.97 Å². The smallest absolute Gasteiger partial charge is 0.320 e. The molecule has 1 aromatic heterocycles. The van der Waals surface area contributed by atoms with E-state index < -0.39 is 22.5 Å². The minimum Gasteiger partial charge on any atom is -0.468 e. The first kappa shape index (κ1) is 12.9. The predicted molar refractivity (Wildman–Crippen MR) is 56.5 cm³/mol. The normalized spacial score (nSPS) is 11.1. The molecule has 8 heteroatoms. The van der Waals surface area contributed by atoms with E-state index in [-0.39, 0.29) is 10.0 Å². The third-order valence-corrected chi connectivity index (χ3v) is 3.49. The van der Waals surface area contributed by atoms with Crippen molar-refractivity contribution >= 4 is 27.6 Å². The maximum absolute atomic E-state index is 11.6. The van der Waals surface area contributed by atoms with Crippen LogP contribution in [0, 0.1) is 0 Å². The molecule has 0 bridgehead atoms. The molecule has 0 aliphatic carbocycles. The van der Waals surface area contributed by atoms with Crippen LogP contribution in [0.2, 0.25) is 5.15 Å². The molecule has 0 fully saturated rings. The molecule has 1 aromatic rings. The van der Waals surface area contributed by atoms with Gasteiger partial charge in [-0.05, 0) is 12.1 Å². The maximum Gasteiger partial charge on any atom is 0.320 e. The zero-order valence-corrected chi connectivity index (χ0v) is 9.88. The fourth-order valence-corrected chi connectivity index (χ4v) is 2.30. The van der Waals surface area contributed by atoms with Crippen molar-refractivity contribution < 1.29 is 17.9 Å². The summed E-state index contributed by atoms with van der Waals surface area (Å²) < 4.78 is 29.6. The molecule has 0 aromatic carbocycles. The average molecular weight is 265 g/mol. The highest BCUT2D eigenvalue weighted by molar-refractivity contribution is 7.89. The third-order valence-electron chi connectivity index (χ3n) is 1.65. The summed E-state index contributed by atoms with van der Waals surface area (Å²) in [7, 11) is -2.68. The lowest BCUT2D eigenvalue weighted by molar-refractivity contribution is -0.139. The minimum absolute atomic E-state index is 0.153. The highest BCUT2D eigenvalue weighted by Crippen LogP contribution is 2.16. The van der Waals surface area contributed by atoms with Crippen LogP contribution in [0.25, 0.3) is 0 Å². The first-order chi connectivity index (χ1) is 7.47. The van der Waals surface area contributed by atoms with Gasteiger partial charge in [0.15, 0.2) is 0 Å². The van der Waals surface area contributed by atoms with Crippen molar-refractivity contribution in [3.05, 3.63) is 23.5 Å². The average Bonchev–Trinajstić information content (AvgIpc) is 2.26. The summed E-state index contributed by atoms with van der Waals surface area (Å²) >= 11 is 5.61. The van der Waals surface area contributed by atoms with Crippen molar-refractivity contribution in [2.24, 2.45) is 0 Å². The van der Waals surface area contributed by atoms with Crippen LogP contribution in [0.15, 0.2) is 23.2 Å². The standard InChI is InChI=1S/C8H9ClN2O4S/c1-15-7(12)5-11-16(13,14)6-3-2-4-10-8(6)9/h2-4,11H,5H2,1H3. The summed E-state index contributed by atoms with van der Waals surface area (Å²) in [5.74, 6) is -0.691. The number of aromatic nitrogens is 1. The molecule has 1 rings (SSSR count). The summed E-state index contributed by atoms with van der Waals surface area (Å²) in [5, 5.41) is -0.153. The Balaban J connectivity index is 2.87. The fraction of sp³-hybridized carbons (Fsp3) is 0.250. The van der Waals surface area contributed by atoms with E-state index in [0.717, 1.165) is 7.11 Å². The molecular weight excluding hydrogens is 256 g/mol. The fourth-order valence-electron chi connectivity index (χ4n) is 0.876. The van der Waals surface area contributed by atoms with Gasteiger partial charge in [0, 0.05) is 6.20 Å². The zero-order valence-electron chi connectivity index (χ0n) is 8.31. The van der Waals surface area contributed by atoms with Gasteiger partial charge in [-0.15, -0.1) is 0 Å². The molecule has 1 N–H and O–H groups in total. The van der Waals surface area contributed by atoms with E-state index in [1.165, 1.54) is 18.3 Å². The number of nitrogens with zero attached hydrogens (tertiary/aromatic N) is 1. The Morgan fingerprint density at radius 3 is 2.88 bits per heavy atom. The molecule has 0 spiro atoms. The first-order valence-electron chi connectivity index (χ1n) is 4.14. The topological polar surface area (TPSA) is 85.4 Å². The molecule has 88 valence electrons. The minimum atomic E-state index is -3.84. The number of carbonyl (C=O) groups excluding carboxylic acids is 1. The Hall–Kier alpha value is -1.18. The molecule has 6 nitrogen and oxygen atoms in total. The Kier molecular flexibility index (Phi) is 4.22. The highest BCUT2D eigenvalue weighted by atomic mass is 35.5. The van der Waals surface area contributed by atoms with Crippen molar-refractivity contribution in [3.8, 4) is 0 Å². The van der Waals surface area contributed by atoms with Crippen LogP contribution in [0.5, 0.6) is 0 Å². The van der Waals surface area contributed by atoms with Crippen molar-refractivity contribution in [3.63, 3.8) is 0 Å². The first-order valence-corrected chi connectivity index (χ1v) is 6.00. The number of carbonyl (C=O) groups is 1. The molecule has 0 amide bonds. The SMILES string of the molecule is COC(=O)CNS(=O)(=O)c1cccnc1Cl. The van der Waals surface area contributed by atoms with Crippen LogP contribution in [0.1, 0.15) is 0 Å². The van der Waals surface area contributed by atoms with Crippen LogP contribution >= 0.6 is 11.6 Å². The van der Waals surface area contributed by atoms with Gasteiger partial charge in [0.1, 0.15) is 16.6 Å². The summed E-state index contributed by atoms with van der Waals surface area (Å²) in [5.41, 5.74) is 0. The van der Waals surface area contributed by atoms with Crippen LogP contribution in [-0.2, 0) is 19.6 Å². The van der Waals surface area contributed by atoms with E-state index in [1.807, 2.05) is 4.72 Å². The number of methoxy groups -OCH3 is 1. The van der Waals surface area contributed by atoms with Gasteiger partial charge in [-0.2, -0.15) is 4.72 Å². The number of sulfonamides is 1. The molecule has 1 heterocycles. The lowest BCUT2D eigenvalue weighted by Gasteiger charge is -2.06. The van der Waals surface area contributed by atoms with Crippen molar-refractivity contribution in [2.45, 2.75) is 4.90 Å². The Labute approximate surface area is 97.6 Å².